The summed E-state index contributed by atoms with van der Waals surface area (Å²) in [6, 6.07) is 0.472. The van der Waals surface area contributed by atoms with Crippen LogP contribution in [0.1, 0.15) is 46.5 Å². The SMILES string of the molecule is CC(C)NCCCCS(=O)(=O)NCC1(C)CC1. The molecule has 0 aromatic carbocycles. The van der Waals surface area contributed by atoms with E-state index in [1.807, 2.05) is 0 Å². The number of sulfonamides is 1. The van der Waals surface area contributed by atoms with Crippen molar-refractivity contribution in [1.29, 1.82) is 0 Å². The minimum absolute atomic E-state index is 0.242. The first-order valence-corrected chi connectivity index (χ1v) is 8.19. The van der Waals surface area contributed by atoms with Gasteiger partial charge in [0.25, 0.3) is 0 Å². The van der Waals surface area contributed by atoms with E-state index in [1.54, 1.807) is 0 Å². The Balaban J connectivity index is 2.07. The van der Waals surface area contributed by atoms with Gasteiger partial charge in [-0.25, -0.2) is 13.1 Å². The van der Waals surface area contributed by atoms with Crippen LogP contribution in [-0.4, -0.2) is 33.3 Å². The second-order valence-electron chi connectivity index (χ2n) is 5.77. The van der Waals surface area contributed by atoms with E-state index >= 15 is 0 Å². The lowest BCUT2D eigenvalue weighted by Crippen LogP contribution is -2.31. The van der Waals surface area contributed by atoms with Crippen molar-refractivity contribution in [3.8, 4) is 0 Å². The molecule has 0 bridgehead atoms. The molecule has 0 spiro atoms. The Morgan fingerprint density at radius 2 is 1.88 bits per heavy atom. The first-order chi connectivity index (χ1) is 7.83. The molecule has 1 fully saturated rings. The highest BCUT2D eigenvalue weighted by Crippen LogP contribution is 2.44. The lowest BCUT2D eigenvalue weighted by atomic mass is 10.2. The molecule has 1 aliphatic rings. The molecular formula is C12H26N2O2S. The molecule has 0 atom stereocenters. The van der Waals surface area contributed by atoms with E-state index in [1.165, 1.54) is 0 Å². The maximum Gasteiger partial charge on any atom is 0.211 e. The molecule has 0 aromatic rings. The third-order valence-corrected chi connectivity index (χ3v) is 4.63. The summed E-state index contributed by atoms with van der Waals surface area (Å²) in [5, 5.41) is 3.28. The summed E-state index contributed by atoms with van der Waals surface area (Å²) < 4.78 is 26.1. The second-order valence-corrected chi connectivity index (χ2v) is 7.69. The normalized spacial score (nSPS) is 18.6. The first kappa shape index (κ1) is 14.9. The standard InChI is InChI=1S/C12H26N2O2S/c1-11(2)13-8-4-5-9-17(15,16)14-10-12(3)6-7-12/h11,13-14H,4-10H2,1-3H3. The Morgan fingerprint density at radius 1 is 1.24 bits per heavy atom. The summed E-state index contributed by atoms with van der Waals surface area (Å²) in [5.74, 6) is 0.253. The van der Waals surface area contributed by atoms with Crippen LogP contribution in [0.25, 0.3) is 0 Å². The largest absolute Gasteiger partial charge is 0.315 e. The molecule has 0 aliphatic heterocycles. The van der Waals surface area contributed by atoms with Crippen molar-refractivity contribution < 1.29 is 8.42 Å². The number of hydrogen-bond acceptors (Lipinski definition) is 3. The van der Waals surface area contributed by atoms with Gasteiger partial charge >= 0.3 is 0 Å². The van der Waals surface area contributed by atoms with E-state index in [-0.39, 0.29) is 11.2 Å². The Kier molecular flexibility index (Phi) is 5.41. The van der Waals surface area contributed by atoms with E-state index < -0.39 is 10.0 Å². The maximum absolute atomic E-state index is 11.7. The van der Waals surface area contributed by atoms with E-state index in [0.717, 1.165) is 32.2 Å². The average molecular weight is 262 g/mol. The monoisotopic (exact) mass is 262 g/mol. The van der Waals surface area contributed by atoms with Gasteiger partial charge in [0.15, 0.2) is 0 Å². The van der Waals surface area contributed by atoms with Crippen LogP contribution in [0.15, 0.2) is 0 Å². The molecule has 0 amide bonds. The summed E-state index contributed by atoms with van der Waals surface area (Å²) in [7, 11) is -3.05. The predicted octanol–water partition coefficient (Wildman–Crippen LogP) is 1.48. The van der Waals surface area contributed by atoms with Crippen molar-refractivity contribution in [2.24, 2.45) is 5.41 Å². The molecule has 0 saturated heterocycles. The van der Waals surface area contributed by atoms with Crippen LogP contribution in [0.4, 0.5) is 0 Å². The molecule has 4 nitrogen and oxygen atoms in total. The zero-order valence-electron chi connectivity index (χ0n) is 11.3. The topological polar surface area (TPSA) is 58.2 Å². The van der Waals surface area contributed by atoms with Crippen molar-refractivity contribution in [3.63, 3.8) is 0 Å². The van der Waals surface area contributed by atoms with Gasteiger partial charge in [-0.3, -0.25) is 0 Å². The highest BCUT2D eigenvalue weighted by molar-refractivity contribution is 7.89. The molecule has 17 heavy (non-hydrogen) atoms. The molecule has 1 saturated carbocycles. The van der Waals surface area contributed by atoms with Crippen LogP contribution >= 0.6 is 0 Å². The van der Waals surface area contributed by atoms with Gasteiger partial charge in [-0.15, -0.1) is 0 Å². The number of unbranched alkanes of at least 4 members (excludes halogenated alkanes) is 1. The number of hydrogen-bond donors (Lipinski definition) is 2. The summed E-state index contributed by atoms with van der Waals surface area (Å²) >= 11 is 0. The predicted molar refractivity (Wildman–Crippen MR) is 71.5 cm³/mol. The summed E-state index contributed by atoms with van der Waals surface area (Å²) in [6.45, 7) is 7.82. The third-order valence-electron chi connectivity index (χ3n) is 3.21. The van der Waals surface area contributed by atoms with Gasteiger partial charge in [-0.2, -0.15) is 0 Å². The van der Waals surface area contributed by atoms with Gasteiger partial charge < -0.3 is 5.32 Å². The van der Waals surface area contributed by atoms with Gasteiger partial charge in [0.05, 0.1) is 5.75 Å². The first-order valence-electron chi connectivity index (χ1n) is 6.54. The molecule has 2 N–H and O–H groups in total. The maximum atomic E-state index is 11.7. The van der Waals surface area contributed by atoms with Crippen LogP contribution in [0, 0.1) is 5.41 Å². The summed E-state index contributed by atoms with van der Waals surface area (Å²) in [4.78, 5) is 0. The molecule has 5 heteroatoms. The van der Waals surface area contributed by atoms with Gasteiger partial charge in [0.1, 0.15) is 0 Å². The lowest BCUT2D eigenvalue weighted by molar-refractivity contribution is 0.525. The van der Waals surface area contributed by atoms with Crippen molar-refractivity contribution in [1.82, 2.24) is 10.0 Å². The Labute approximate surface area is 106 Å². The molecule has 1 rings (SSSR count). The lowest BCUT2D eigenvalue weighted by Gasteiger charge is -2.11. The average Bonchev–Trinajstić information content (AvgIpc) is 2.94. The zero-order chi connectivity index (χ0) is 12.9. The van der Waals surface area contributed by atoms with E-state index in [9.17, 15) is 8.42 Å². The van der Waals surface area contributed by atoms with Crippen molar-refractivity contribution in [2.75, 3.05) is 18.8 Å². The highest BCUT2D eigenvalue weighted by Gasteiger charge is 2.37. The number of nitrogens with one attached hydrogen (secondary N) is 2. The molecular weight excluding hydrogens is 236 g/mol. The van der Waals surface area contributed by atoms with Gasteiger partial charge in [0.2, 0.25) is 10.0 Å². The molecule has 0 heterocycles. The molecule has 0 unspecified atom stereocenters. The minimum Gasteiger partial charge on any atom is -0.315 e. The number of rotatable bonds is 9. The fourth-order valence-corrected chi connectivity index (χ4v) is 2.85. The van der Waals surface area contributed by atoms with Crippen molar-refractivity contribution in [3.05, 3.63) is 0 Å². The zero-order valence-corrected chi connectivity index (χ0v) is 12.1. The van der Waals surface area contributed by atoms with Crippen LogP contribution in [-0.2, 0) is 10.0 Å². The van der Waals surface area contributed by atoms with Crippen LogP contribution in [0.3, 0.4) is 0 Å². The van der Waals surface area contributed by atoms with Gasteiger partial charge in [0, 0.05) is 12.6 Å². The minimum atomic E-state index is -3.05. The smallest absolute Gasteiger partial charge is 0.211 e. The fraction of sp³-hybridized carbons (Fsp3) is 1.00. The van der Waals surface area contributed by atoms with Crippen LogP contribution in [0.5, 0.6) is 0 Å². The summed E-state index contributed by atoms with van der Waals surface area (Å²) in [5.41, 5.74) is 0.242. The molecule has 1 aliphatic carbocycles. The molecule has 0 radical (unpaired) electrons. The van der Waals surface area contributed by atoms with Gasteiger partial charge in [-0.05, 0) is 37.6 Å². The van der Waals surface area contributed by atoms with E-state index in [4.69, 9.17) is 0 Å². The molecule has 102 valence electrons. The Hall–Kier alpha value is -0.130. The van der Waals surface area contributed by atoms with Crippen LogP contribution < -0.4 is 10.0 Å². The second kappa shape index (κ2) is 6.16. The van der Waals surface area contributed by atoms with Gasteiger partial charge in [-0.1, -0.05) is 20.8 Å². The third kappa shape index (κ3) is 7.01. The highest BCUT2D eigenvalue weighted by atomic mass is 32.2. The molecule has 0 aromatic heterocycles. The Bertz CT molecular complexity index is 321. The van der Waals surface area contributed by atoms with Crippen LogP contribution in [0.2, 0.25) is 0 Å². The quantitative estimate of drug-likeness (QED) is 0.619. The van der Waals surface area contributed by atoms with Crippen molar-refractivity contribution in [2.45, 2.75) is 52.5 Å². The fourth-order valence-electron chi connectivity index (χ4n) is 1.55. The van der Waals surface area contributed by atoms with E-state index in [0.29, 0.717) is 12.6 Å². The summed E-state index contributed by atoms with van der Waals surface area (Å²) in [6.07, 6.45) is 3.93. The van der Waals surface area contributed by atoms with E-state index in [2.05, 4.69) is 30.8 Å². The Morgan fingerprint density at radius 3 is 2.41 bits per heavy atom. The van der Waals surface area contributed by atoms with Crippen molar-refractivity contribution >= 4 is 10.0 Å².